The van der Waals surface area contributed by atoms with Gasteiger partial charge in [0.1, 0.15) is 5.82 Å². The van der Waals surface area contributed by atoms with Crippen molar-refractivity contribution in [1.82, 2.24) is 10.3 Å². The maximum absolute atomic E-state index is 12.8. The van der Waals surface area contributed by atoms with E-state index in [0.717, 1.165) is 0 Å². The number of hydrazine groups is 1. The highest BCUT2D eigenvalue weighted by atomic mass is 19.1. The first-order valence-electron chi connectivity index (χ1n) is 7.21. The molecule has 2 rings (SSSR count). The zero-order valence-electron chi connectivity index (χ0n) is 12.7. The van der Waals surface area contributed by atoms with Crippen LogP contribution in [0.5, 0.6) is 0 Å². The Kier molecular flexibility index (Phi) is 5.30. The average Bonchev–Trinajstić information content (AvgIpc) is 2.55. The van der Waals surface area contributed by atoms with Gasteiger partial charge in [0.2, 0.25) is 0 Å². The third-order valence-corrected chi connectivity index (χ3v) is 3.97. The second-order valence-corrected chi connectivity index (χ2v) is 5.75. The number of hydrogen-bond acceptors (Lipinski definition) is 5. The first kappa shape index (κ1) is 17.3. The largest absolute Gasteiger partial charge is 0.381 e. The Morgan fingerprint density at radius 3 is 2.30 bits per heavy atom. The van der Waals surface area contributed by atoms with Gasteiger partial charge in [-0.1, -0.05) is 29.4 Å². The Morgan fingerprint density at radius 2 is 1.74 bits per heavy atom. The van der Waals surface area contributed by atoms with Crippen LogP contribution in [0.1, 0.15) is 25.3 Å². The van der Waals surface area contributed by atoms with Crippen LogP contribution in [-0.4, -0.2) is 45.8 Å². The standard InChI is InChI=1S/C15H19FN2O5/c1-15(6-8-23-9-7-15)14(20)18(22)17(21)13(19)10-11-2-4-12(16)5-3-11/h2-5,21-22H,6-10H2,1H3. The van der Waals surface area contributed by atoms with E-state index in [1.807, 2.05) is 0 Å². The Labute approximate surface area is 132 Å². The van der Waals surface area contributed by atoms with Gasteiger partial charge >= 0.3 is 0 Å². The molecule has 126 valence electrons. The van der Waals surface area contributed by atoms with Crippen LogP contribution in [0.2, 0.25) is 0 Å². The molecule has 0 atom stereocenters. The van der Waals surface area contributed by atoms with E-state index >= 15 is 0 Å². The number of rotatable bonds is 3. The highest BCUT2D eigenvalue weighted by Crippen LogP contribution is 2.31. The Balaban J connectivity index is 2.00. The van der Waals surface area contributed by atoms with Crippen molar-refractivity contribution in [3.05, 3.63) is 35.6 Å². The average molecular weight is 326 g/mol. The first-order chi connectivity index (χ1) is 10.8. The Morgan fingerprint density at radius 1 is 1.17 bits per heavy atom. The van der Waals surface area contributed by atoms with Crippen molar-refractivity contribution >= 4 is 11.8 Å². The normalized spacial score (nSPS) is 16.7. The number of hydroxylamine groups is 2. The van der Waals surface area contributed by atoms with Gasteiger partial charge in [-0.3, -0.25) is 20.0 Å². The number of benzene rings is 1. The quantitative estimate of drug-likeness (QED) is 0.649. The molecule has 0 radical (unpaired) electrons. The molecule has 0 spiro atoms. The number of amides is 2. The van der Waals surface area contributed by atoms with Gasteiger partial charge < -0.3 is 4.74 Å². The third kappa shape index (κ3) is 4.04. The van der Waals surface area contributed by atoms with Gasteiger partial charge in [0.25, 0.3) is 11.8 Å². The molecule has 1 fully saturated rings. The molecule has 1 aliphatic rings. The molecule has 7 nitrogen and oxygen atoms in total. The van der Waals surface area contributed by atoms with Crippen molar-refractivity contribution in [3.63, 3.8) is 0 Å². The van der Waals surface area contributed by atoms with E-state index in [9.17, 15) is 24.4 Å². The van der Waals surface area contributed by atoms with Gasteiger partial charge in [-0.05, 0) is 30.5 Å². The summed E-state index contributed by atoms with van der Waals surface area (Å²) in [5, 5.41) is 19.4. The fourth-order valence-electron chi connectivity index (χ4n) is 2.32. The molecule has 1 saturated heterocycles. The molecule has 0 aliphatic carbocycles. The second-order valence-electron chi connectivity index (χ2n) is 5.75. The maximum atomic E-state index is 12.8. The fraction of sp³-hybridized carbons (Fsp3) is 0.467. The molecule has 23 heavy (non-hydrogen) atoms. The van der Waals surface area contributed by atoms with E-state index < -0.39 is 23.0 Å². The van der Waals surface area contributed by atoms with Crippen LogP contribution in [0, 0.1) is 11.2 Å². The molecule has 2 N–H and O–H groups in total. The lowest BCUT2D eigenvalue weighted by atomic mass is 9.81. The van der Waals surface area contributed by atoms with Gasteiger partial charge in [-0.2, -0.15) is 0 Å². The number of carbonyl (C=O) groups excluding carboxylic acids is 2. The van der Waals surface area contributed by atoms with E-state index in [4.69, 9.17) is 4.74 Å². The van der Waals surface area contributed by atoms with Gasteiger partial charge in [0.15, 0.2) is 0 Å². The Bertz CT molecular complexity index is 572. The lowest BCUT2D eigenvalue weighted by molar-refractivity contribution is -0.330. The topological polar surface area (TPSA) is 90.3 Å². The zero-order valence-corrected chi connectivity index (χ0v) is 12.7. The summed E-state index contributed by atoms with van der Waals surface area (Å²) in [7, 11) is 0. The molecule has 1 aromatic carbocycles. The Hall–Kier alpha value is -2.03. The minimum Gasteiger partial charge on any atom is -0.381 e. The summed E-state index contributed by atoms with van der Waals surface area (Å²) in [4.78, 5) is 24.2. The van der Waals surface area contributed by atoms with E-state index in [-0.39, 0.29) is 16.8 Å². The van der Waals surface area contributed by atoms with Crippen LogP contribution < -0.4 is 0 Å². The van der Waals surface area contributed by atoms with Crippen LogP contribution in [0.3, 0.4) is 0 Å². The summed E-state index contributed by atoms with van der Waals surface area (Å²) in [5.41, 5.74) is -0.474. The predicted octanol–water partition coefficient (Wildman–Crippen LogP) is 1.54. The fourth-order valence-corrected chi connectivity index (χ4v) is 2.32. The summed E-state index contributed by atoms with van der Waals surface area (Å²) < 4.78 is 18.0. The van der Waals surface area contributed by atoms with Gasteiger partial charge in [-0.25, -0.2) is 4.39 Å². The number of carbonyl (C=O) groups is 2. The monoisotopic (exact) mass is 326 g/mol. The minimum absolute atomic E-state index is 0.0722. The summed E-state index contributed by atoms with van der Waals surface area (Å²) >= 11 is 0. The van der Waals surface area contributed by atoms with Crippen molar-refractivity contribution < 1.29 is 29.1 Å². The number of nitrogens with zero attached hydrogens (tertiary/aromatic N) is 2. The molecular formula is C15H19FN2O5. The van der Waals surface area contributed by atoms with Crippen molar-refractivity contribution in [3.8, 4) is 0 Å². The van der Waals surface area contributed by atoms with Crippen molar-refractivity contribution in [2.24, 2.45) is 5.41 Å². The molecule has 1 aromatic rings. The molecule has 0 unspecified atom stereocenters. The minimum atomic E-state index is -0.914. The van der Waals surface area contributed by atoms with E-state index in [1.54, 1.807) is 6.92 Å². The molecule has 0 saturated carbocycles. The lowest BCUT2D eigenvalue weighted by Gasteiger charge is -2.35. The van der Waals surface area contributed by atoms with Gasteiger partial charge in [-0.15, -0.1) is 0 Å². The smallest absolute Gasteiger partial charge is 0.275 e. The van der Waals surface area contributed by atoms with Crippen LogP contribution >= 0.6 is 0 Å². The number of halogens is 1. The molecular weight excluding hydrogens is 307 g/mol. The van der Waals surface area contributed by atoms with Gasteiger partial charge in [0, 0.05) is 13.2 Å². The molecule has 8 heteroatoms. The highest BCUT2D eigenvalue weighted by Gasteiger charge is 2.41. The summed E-state index contributed by atoms with van der Waals surface area (Å²) in [5.74, 6) is -2.15. The van der Waals surface area contributed by atoms with E-state index in [2.05, 4.69) is 0 Å². The molecule has 0 aromatic heterocycles. The first-order valence-corrected chi connectivity index (χ1v) is 7.21. The molecule has 2 amide bonds. The van der Waals surface area contributed by atoms with Crippen LogP contribution in [0.4, 0.5) is 4.39 Å². The second kappa shape index (κ2) is 7.03. The van der Waals surface area contributed by atoms with Crippen molar-refractivity contribution in [1.29, 1.82) is 0 Å². The highest BCUT2D eigenvalue weighted by molar-refractivity contribution is 5.85. The van der Waals surface area contributed by atoms with Crippen LogP contribution in [-0.2, 0) is 20.7 Å². The third-order valence-electron chi connectivity index (χ3n) is 3.97. The predicted molar refractivity (Wildman–Crippen MR) is 75.5 cm³/mol. The van der Waals surface area contributed by atoms with E-state index in [0.29, 0.717) is 31.6 Å². The van der Waals surface area contributed by atoms with Crippen LogP contribution in [0.15, 0.2) is 24.3 Å². The van der Waals surface area contributed by atoms with E-state index in [1.165, 1.54) is 24.3 Å². The SMILES string of the molecule is CC1(C(=O)N(O)N(O)C(=O)Cc2ccc(F)cc2)CCOCC1. The maximum Gasteiger partial charge on any atom is 0.275 e. The van der Waals surface area contributed by atoms with Crippen molar-refractivity contribution in [2.75, 3.05) is 13.2 Å². The lowest BCUT2D eigenvalue weighted by Crippen LogP contribution is -2.52. The molecule has 1 heterocycles. The van der Waals surface area contributed by atoms with Crippen molar-refractivity contribution in [2.45, 2.75) is 26.2 Å². The number of ether oxygens (including phenoxy) is 1. The zero-order chi connectivity index (χ0) is 17.0. The van der Waals surface area contributed by atoms with Crippen LogP contribution in [0.25, 0.3) is 0 Å². The van der Waals surface area contributed by atoms with Gasteiger partial charge in [0.05, 0.1) is 11.8 Å². The summed E-state index contributed by atoms with van der Waals surface area (Å²) in [6, 6.07) is 5.11. The summed E-state index contributed by atoms with van der Waals surface area (Å²) in [6.45, 7) is 2.37. The number of hydrogen-bond donors (Lipinski definition) is 2. The summed E-state index contributed by atoms with van der Waals surface area (Å²) in [6.07, 6.45) is 0.465. The molecule has 1 aliphatic heterocycles. The molecule has 0 bridgehead atoms.